The summed E-state index contributed by atoms with van der Waals surface area (Å²) in [6.07, 6.45) is 11.6. The van der Waals surface area contributed by atoms with Crippen LogP contribution in [0.15, 0.2) is 35.5 Å². The lowest BCUT2D eigenvalue weighted by atomic mass is 9.80. The molecule has 0 bridgehead atoms. The van der Waals surface area contributed by atoms with Crippen LogP contribution in [-0.2, 0) is 9.47 Å². The monoisotopic (exact) mass is 363 g/mol. The Bertz CT molecular complexity index is 525. The second kappa shape index (κ2) is 10.4. The lowest BCUT2D eigenvalue weighted by Gasteiger charge is -2.27. The first kappa shape index (κ1) is 21.4. The Morgan fingerprint density at radius 1 is 1.35 bits per heavy atom. The Hall–Kier alpha value is -0.940. The second-order valence-corrected chi connectivity index (χ2v) is 8.05. The van der Waals surface area contributed by atoms with E-state index in [1.54, 1.807) is 7.11 Å². The van der Waals surface area contributed by atoms with E-state index in [0.29, 0.717) is 11.8 Å². The summed E-state index contributed by atoms with van der Waals surface area (Å²) in [7, 11) is 1.73. The van der Waals surface area contributed by atoms with Crippen molar-refractivity contribution in [2.45, 2.75) is 57.4 Å². The summed E-state index contributed by atoms with van der Waals surface area (Å²) >= 11 is 0. The van der Waals surface area contributed by atoms with Crippen molar-refractivity contribution in [2.75, 3.05) is 33.5 Å². The third kappa shape index (κ3) is 6.05. The van der Waals surface area contributed by atoms with Gasteiger partial charge in [-0.05, 0) is 74.9 Å². The van der Waals surface area contributed by atoms with E-state index in [2.05, 4.69) is 25.7 Å². The number of rotatable bonds is 9. The normalized spacial score (nSPS) is 32.5. The molecule has 2 aliphatic rings. The molecule has 4 nitrogen and oxygen atoms in total. The fourth-order valence-electron chi connectivity index (χ4n) is 4.19. The van der Waals surface area contributed by atoms with Crippen molar-refractivity contribution < 1.29 is 14.6 Å². The topological polar surface area (TPSA) is 64.7 Å². The van der Waals surface area contributed by atoms with Crippen molar-refractivity contribution in [3.05, 3.63) is 35.5 Å². The molecule has 2 saturated carbocycles. The van der Waals surface area contributed by atoms with Crippen LogP contribution >= 0.6 is 0 Å². The molecule has 0 aliphatic heterocycles. The average Bonchev–Trinajstić information content (AvgIpc) is 3.05. The quantitative estimate of drug-likeness (QED) is 0.612. The van der Waals surface area contributed by atoms with Gasteiger partial charge >= 0.3 is 0 Å². The molecule has 0 aromatic heterocycles. The second-order valence-electron chi connectivity index (χ2n) is 8.05. The minimum atomic E-state index is -0.409. The van der Waals surface area contributed by atoms with Crippen LogP contribution in [0.2, 0.25) is 0 Å². The molecule has 0 radical (unpaired) electrons. The number of aliphatic hydroxyl groups excluding tert-OH is 1. The summed E-state index contributed by atoms with van der Waals surface area (Å²) in [5, 5.41) is 9.48. The van der Waals surface area contributed by atoms with Gasteiger partial charge in [0.1, 0.15) is 0 Å². The first-order chi connectivity index (χ1) is 12.5. The zero-order valence-electron chi connectivity index (χ0n) is 16.6. The maximum Gasteiger partial charge on any atom is 0.0611 e. The standard InChI is InChI=1S/C22H37NO3/c1-4-19-13-18(15-26-11-5-10-25-3)6-7-20(19)12-17(2)21-8-9-22(23,14-21)16-24/h4,12,18,21,24H,2,5-11,13-16,23H2,1,3H3/b19-4-,20-12-/t18-,21+,22-/m1/s1. The molecule has 0 amide bonds. The van der Waals surface area contributed by atoms with E-state index in [0.717, 1.165) is 58.3 Å². The number of allylic oxidation sites excluding steroid dienone is 5. The van der Waals surface area contributed by atoms with E-state index < -0.39 is 5.54 Å². The van der Waals surface area contributed by atoms with Crippen molar-refractivity contribution in [3.63, 3.8) is 0 Å². The smallest absolute Gasteiger partial charge is 0.0611 e. The first-order valence-electron chi connectivity index (χ1n) is 10.0. The number of nitrogens with two attached hydrogens (primary N) is 1. The van der Waals surface area contributed by atoms with Gasteiger partial charge in [-0.3, -0.25) is 0 Å². The minimum absolute atomic E-state index is 0.0690. The lowest BCUT2D eigenvalue weighted by Crippen LogP contribution is -2.40. The number of methoxy groups -OCH3 is 1. The van der Waals surface area contributed by atoms with E-state index in [-0.39, 0.29) is 6.61 Å². The molecule has 3 N–H and O–H groups in total. The predicted molar refractivity (Wildman–Crippen MR) is 107 cm³/mol. The van der Waals surface area contributed by atoms with E-state index in [1.165, 1.54) is 23.1 Å². The number of hydrogen-bond acceptors (Lipinski definition) is 4. The molecule has 2 aliphatic carbocycles. The Morgan fingerprint density at radius 2 is 2.15 bits per heavy atom. The zero-order chi connectivity index (χ0) is 19.0. The van der Waals surface area contributed by atoms with Crippen molar-refractivity contribution >= 4 is 0 Å². The van der Waals surface area contributed by atoms with Crippen molar-refractivity contribution in [1.29, 1.82) is 0 Å². The van der Waals surface area contributed by atoms with Crippen molar-refractivity contribution in [2.24, 2.45) is 17.6 Å². The van der Waals surface area contributed by atoms with Gasteiger partial charge in [0.05, 0.1) is 6.61 Å². The van der Waals surface area contributed by atoms with Gasteiger partial charge in [0.2, 0.25) is 0 Å². The van der Waals surface area contributed by atoms with Crippen LogP contribution in [0, 0.1) is 11.8 Å². The average molecular weight is 364 g/mol. The zero-order valence-corrected chi connectivity index (χ0v) is 16.6. The molecular formula is C22H37NO3. The molecule has 0 saturated heterocycles. The minimum Gasteiger partial charge on any atom is -0.394 e. The highest BCUT2D eigenvalue weighted by Gasteiger charge is 2.36. The van der Waals surface area contributed by atoms with Gasteiger partial charge in [0, 0.05) is 32.5 Å². The summed E-state index contributed by atoms with van der Waals surface area (Å²) in [5.41, 5.74) is 9.84. The highest BCUT2D eigenvalue weighted by Crippen LogP contribution is 2.39. The van der Waals surface area contributed by atoms with Crippen LogP contribution < -0.4 is 5.73 Å². The SMILES string of the molecule is C=C(/C=C1/CC[C@@H](COCCCOC)C/C1=C/C)[C@H]1CC[C@](N)(CO)C1. The first-order valence-corrected chi connectivity index (χ1v) is 10.0. The molecule has 0 unspecified atom stereocenters. The van der Waals surface area contributed by atoms with Crippen LogP contribution in [0.4, 0.5) is 0 Å². The summed E-state index contributed by atoms with van der Waals surface area (Å²) in [6, 6.07) is 0. The molecule has 0 aromatic rings. The van der Waals surface area contributed by atoms with E-state index in [9.17, 15) is 5.11 Å². The highest BCUT2D eigenvalue weighted by molar-refractivity contribution is 5.39. The van der Waals surface area contributed by atoms with Crippen molar-refractivity contribution in [1.82, 2.24) is 0 Å². The Kier molecular flexibility index (Phi) is 8.55. The third-order valence-corrected chi connectivity index (χ3v) is 5.92. The summed E-state index contributed by atoms with van der Waals surface area (Å²) in [4.78, 5) is 0. The molecule has 148 valence electrons. The summed E-state index contributed by atoms with van der Waals surface area (Å²) in [6.45, 7) is 8.90. The highest BCUT2D eigenvalue weighted by atomic mass is 16.5. The third-order valence-electron chi connectivity index (χ3n) is 5.92. The summed E-state index contributed by atoms with van der Waals surface area (Å²) in [5.74, 6) is 1.01. The molecule has 2 rings (SSSR count). The number of aliphatic hydroxyl groups is 1. The van der Waals surface area contributed by atoms with Crippen LogP contribution in [0.3, 0.4) is 0 Å². The van der Waals surface area contributed by atoms with Crippen LogP contribution in [0.1, 0.15) is 51.9 Å². The maximum atomic E-state index is 9.48. The van der Waals surface area contributed by atoms with E-state index >= 15 is 0 Å². The molecule has 0 spiro atoms. The Labute approximate surface area is 159 Å². The van der Waals surface area contributed by atoms with Gasteiger partial charge in [-0.15, -0.1) is 0 Å². The number of ether oxygens (including phenoxy) is 2. The fraction of sp³-hybridized carbons (Fsp3) is 0.727. The van der Waals surface area contributed by atoms with Gasteiger partial charge in [-0.25, -0.2) is 0 Å². The van der Waals surface area contributed by atoms with E-state index in [4.69, 9.17) is 15.2 Å². The number of hydrogen-bond donors (Lipinski definition) is 2. The largest absolute Gasteiger partial charge is 0.394 e. The van der Waals surface area contributed by atoms with Crippen LogP contribution in [0.25, 0.3) is 0 Å². The molecule has 2 fully saturated rings. The van der Waals surface area contributed by atoms with Gasteiger partial charge in [0.15, 0.2) is 0 Å². The Balaban J connectivity index is 1.85. The lowest BCUT2D eigenvalue weighted by molar-refractivity contribution is 0.0749. The van der Waals surface area contributed by atoms with Gasteiger partial charge in [0.25, 0.3) is 0 Å². The maximum absolute atomic E-state index is 9.48. The fourth-order valence-corrected chi connectivity index (χ4v) is 4.19. The Morgan fingerprint density at radius 3 is 2.81 bits per heavy atom. The molecule has 4 heteroatoms. The van der Waals surface area contributed by atoms with Gasteiger partial charge in [-0.1, -0.05) is 24.3 Å². The van der Waals surface area contributed by atoms with Gasteiger partial charge < -0.3 is 20.3 Å². The van der Waals surface area contributed by atoms with Crippen LogP contribution in [-0.4, -0.2) is 44.2 Å². The molecule has 3 atom stereocenters. The molecule has 0 aromatic carbocycles. The van der Waals surface area contributed by atoms with Crippen LogP contribution in [0.5, 0.6) is 0 Å². The summed E-state index contributed by atoms with van der Waals surface area (Å²) < 4.78 is 10.9. The molecule has 26 heavy (non-hydrogen) atoms. The van der Waals surface area contributed by atoms with E-state index in [1.807, 2.05) is 0 Å². The predicted octanol–water partition coefficient (Wildman–Crippen LogP) is 3.76. The van der Waals surface area contributed by atoms with Crippen molar-refractivity contribution in [3.8, 4) is 0 Å². The molecular weight excluding hydrogens is 326 g/mol. The molecule has 0 heterocycles. The van der Waals surface area contributed by atoms with Gasteiger partial charge in [-0.2, -0.15) is 0 Å².